The summed E-state index contributed by atoms with van der Waals surface area (Å²) in [6.07, 6.45) is 0. The minimum Gasteiger partial charge on any atom is -0.507 e. The molecule has 4 rings (SSSR count). The van der Waals surface area contributed by atoms with Crippen molar-refractivity contribution >= 4 is 34.9 Å². The summed E-state index contributed by atoms with van der Waals surface area (Å²) in [7, 11) is 0. The number of aliphatic hydroxyl groups is 1. The molecule has 1 N–H and O–H groups in total. The van der Waals surface area contributed by atoms with Crippen molar-refractivity contribution in [2.24, 2.45) is 0 Å². The van der Waals surface area contributed by atoms with Crippen molar-refractivity contribution in [1.29, 1.82) is 0 Å². The first kappa shape index (κ1) is 18.9. The van der Waals surface area contributed by atoms with Gasteiger partial charge < -0.3 is 5.11 Å². The van der Waals surface area contributed by atoms with E-state index in [1.54, 1.807) is 36.4 Å². The lowest BCUT2D eigenvalue weighted by Gasteiger charge is -2.24. The van der Waals surface area contributed by atoms with Crippen LogP contribution < -0.4 is 4.90 Å². The Balaban J connectivity index is 1.94. The van der Waals surface area contributed by atoms with Gasteiger partial charge >= 0.3 is 5.91 Å². The monoisotopic (exact) mass is 404 g/mol. The van der Waals surface area contributed by atoms with Gasteiger partial charge in [0.25, 0.3) is 5.78 Å². The summed E-state index contributed by atoms with van der Waals surface area (Å²) >= 11 is 5.94. The number of halogens is 1. The molecule has 1 atom stereocenters. The lowest BCUT2D eigenvalue weighted by atomic mass is 9.95. The molecule has 0 unspecified atom stereocenters. The van der Waals surface area contributed by atoms with Crippen molar-refractivity contribution in [3.8, 4) is 0 Å². The summed E-state index contributed by atoms with van der Waals surface area (Å²) in [6.45, 7) is 1.81. The number of anilines is 1. The molecule has 2 heterocycles. The quantitative estimate of drug-likeness (QED) is 0.391. The number of aromatic nitrogens is 1. The summed E-state index contributed by atoms with van der Waals surface area (Å²) < 4.78 is 0. The van der Waals surface area contributed by atoms with Crippen LogP contribution in [0.5, 0.6) is 0 Å². The van der Waals surface area contributed by atoms with Crippen LogP contribution in [0.4, 0.5) is 5.82 Å². The van der Waals surface area contributed by atoms with Crippen LogP contribution in [0.25, 0.3) is 5.76 Å². The lowest BCUT2D eigenvalue weighted by molar-refractivity contribution is -0.132. The Hall–Kier alpha value is -3.44. The van der Waals surface area contributed by atoms with Crippen LogP contribution in [-0.4, -0.2) is 21.8 Å². The van der Waals surface area contributed by atoms with E-state index < -0.39 is 17.7 Å². The molecule has 1 aliphatic rings. The summed E-state index contributed by atoms with van der Waals surface area (Å²) in [5.41, 5.74) is 1.84. The van der Waals surface area contributed by atoms with Crippen LogP contribution >= 0.6 is 11.6 Å². The van der Waals surface area contributed by atoms with Gasteiger partial charge in [-0.15, -0.1) is 0 Å². The molecule has 1 fully saturated rings. The number of hydrogen-bond acceptors (Lipinski definition) is 4. The number of Topliss-reactive ketones (excluding diaryl/α,β-unsaturated/α-hetero) is 1. The number of carbonyl (C=O) groups excluding carboxylic acids is 2. The third kappa shape index (κ3) is 3.41. The molecule has 0 aliphatic carbocycles. The summed E-state index contributed by atoms with van der Waals surface area (Å²) in [4.78, 5) is 31.7. The molecule has 1 aromatic heterocycles. The molecule has 2 aromatic carbocycles. The number of hydrogen-bond donors (Lipinski definition) is 1. The molecule has 0 spiro atoms. The van der Waals surface area contributed by atoms with Crippen molar-refractivity contribution in [2.45, 2.75) is 13.0 Å². The topological polar surface area (TPSA) is 70.5 Å². The first-order valence-corrected chi connectivity index (χ1v) is 9.40. The minimum atomic E-state index is -0.791. The molecule has 1 aliphatic heterocycles. The number of pyridine rings is 1. The van der Waals surface area contributed by atoms with E-state index >= 15 is 0 Å². The number of ketones is 1. The zero-order chi connectivity index (χ0) is 20.5. The van der Waals surface area contributed by atoms with Crippen molar-refractivity contribution in [1.82, 2.24) is 4.98 Å². The van der Waals surface area contributed by atoms with E-state index in [-0.39, 0.29) is 11.3 Å². The molecule has 1 saturated heterocycles. The minimum absolute atomic E-state index is 0.0202. The number of aryl methyl sites for hydroxylation is 1. The molecule has 0 radical (unpaired) electrons. The van der Waals surface area contributed by atoms with Crippen LogP contribution in [-0.2, 0) is 9.59 Å². The Morgan fingerprint density at radius 2 is 1.66 bits per heavy atom. The van der Waals surface area contributed by atoms with Gasteiger partial charge in [-0.1, -0.05) is 48.0 Å². The van der Waals surface area contributed by atoms with E-state index in [1.807, 2.05) is 43.3 Å². The van der Waals surface area contributed by atoms with E-state index in [2.05, 4.69) is 4.98 Å². The predicted molar refractivity (Wildman–Crippen MR) is 112 cm³/mol. The van der Waals surface area contributed by atoms with Gasteiger partial charge in [0, 0.05) is 16.3 Å². The maximum Gasteiger partial charge on any atom is 0.301 e. The van der Waals surface area contributed by atoms with Crippen molar-refractivity contribution in [3.05, 3.63) is 100 Å². The highest BCUT2D eigenvalue weighted by Gasteiger charge is 2.47. The lowest BCUT2D eigenvalue weighted by Crippen LogP contribution is -2.30. The van der Waals surface area contributed by atoms with E-state index in [9.17, 15) is 14.7 Å². The first-order valence-electron chi connectivity index (χ1n) is 9.03. The number of carbonyl (C=O) groups is 2. The van der Waals surface area contributed by atoms with Gasteiger partial charge in [0.05, 0.1) is 11.6 Å². The first-order chi connectivity index (χ1) is 14.0. The Labute approximate surface area is 172 Å². The molecule has 3 aromatic rings. The average Bonchev–Trinajstić information content (AvgIpc) is 2.99. The fourth-order valence-corrected chi connectivity index (χ4v) is 3.57. The molecular weight excluding hydrogens is 388 g/mol. The Morgan fingerprint density at radius 1 is 0.966 bits per heavy atom. The molecule has 0 saturated carbocycles. The number of benzene rings is 2. The Morgan fingerprint density at radius 3 is 2.31 bits per heavy atom. The van der Waals surface area contributed by atoms with Gasteiger partial charge in [0.2, 0.25) is 0 Å². The van der Waals surface area contributed by atoms with Crippen molar-refractivity contribution in [3.63, 3.8) is 0 Å². The van der Waals surface area contributed by atoms with Gasteiger partial charge in [0.15, 0.2) is 0 Å². The second-order valence-electron chi connectivity index (χ2n) is 6.72. The van der Waals surface area contributed by atoms with Gasteiger partial charge in [-0.05, 0) is 48.9 Å². The van der Waals surface area contributed by atoms with E-state index in [1.165, 1.54) is 4.90 Å². The fourth-order valence-electron chi connectivity index (χ4n) is 3.45. The zero-order valence-corrected chi connectivity index (χ0v) is 16.3. The number of aliphatic hydroxyl groups excluding tert-OH is 1. The van der Waals surface area contributed by atoms with Crippen LogP contribution in [0.2, 0.25) is 5.02 Å². The van der Waals surface area contributed by atoms with Gasteiger partial charge in [0.1, 0.15) is 11.6 Å². The third-order valence-electron chi connectivity index (χ3n) is 4.80. The van der Waals surface area contributed by atoms with Crippen LogP contribution in [0, 0.1) is 6.92 Å². The van der Waals surface area contributed by atoms with Gasteiger partial charge in [-0.3, -0.25) is 14.5 Å². The highest BCUT2D eigenvalue weighted by atomic mass is 35.5. The van der Waals surface area contributed by atoms with E-state index in [4.69, 9.17) is 11.6 Å². The van der Waals surface area contributed by atoms with Crippen molar-refractivity contribution < 1.29 is 14.7 Å². The summed E-state index contributed by atoms with van der Waals surface area (Å²) in [5, 5.41) is 11.5. The number of nitrogens with zero attached hydrogens (tertiary/aromatic N) is 2. The molecule has 5 nitrogen and oxygen atoms in total. The van der Waals surface area contributed by atoms with Crippen LogP contribution in [0.3, 0.4) is 0 Å². The third-order valence-corrected chi connectivity index (χ3v) is 5.05. The van der Waals surface area contributed by atoms with Gasteiger partial charge in [-0.2, -0.15) is 0 Å². The van der Waals surface area contributed by atoms with Crippen LogP contribution in [0.1, 0.15) is 22.9 Å². The molecule has 144 valence electrons. The molecule has 1 amide bonds. The normalized spacial score (nSPS) is 18.3. The zero-order valence-electron chi connectivity index (χ0n) is 15.5. The van der Waals surface area contributed by atoms with E-state index in [0.717, 1.165) is 0 Å². The second-order valence-corrected chi connectivity index (χ2v) is 7.16. The number of rotatable bonds is 3. The maximum atomic E-state index is 13.0. The summed E-state index contributed by atoms with van der Waals surface area (Å²) in [6, 6.07) is 20.0. The SMILES string of the molecule is Cc1cccc(N2C(=O)C(=O)C(=C(O)c3ccc(Cl)cc3)[C@@H]2c2ccccc2)n1. The molecule has 29 heavy (non-hydrogen) atoms. The van der Waals surface area contributed by atoms with E-state index in [0.29, 0.717) is 27.7 Å². The van der Waals surface area contributed by atoms with Crippen LogP contribution in [0.15, 0.2) is 78.4 Å². The molecule has 0 bridgehead atoms. The molecular formula is C23H17ClN2O3. The standard InChI is InChI=1S/C23H17ClN2O3/c1-14-6-5-9-18(25-14)26-20(15-7-3-2-4-8-15)19(22(28)23(26)29)21(27)16-10-12-17(24)13-11-16/h2-13,20,27H,1H3/t20-/m0/s1. The second kappa shape index (κ2) is 7.53. The fraction of sp³-hybridized carbons (Fsp3) is 0.0870. The van der Waals surface area contributed by atoms with Crippen molar-refractivity contribution in [2.75, 3.05) is 4.90 Å². The largest absolute Gasteiger partial charge is 0.507 e. The maximum absolute atomic E-state index is 13.0. The highest BCUT2D eigenvalue weighted by Crippen LogP contribution is 2.41. The summed E-state index contributed by atoms with van der Waals surface area (Å²) in [5.74, 6) is -1.37. The predicted octanol–water partition coefficient (Wildman–Crippen LogP) is 4.67. The highest BCUT2D eigenvalue weighted by molar-refractivity contribution is 6.51. The number of amides is 1. The smallest absolute Gasteiger partial charge is 0.301 e. The Kier molecular flexibility index (Phi) is 4.91. The average molecular weight is 405 g/mol. The molecule has 6 heteroatoms. The Bertz CT molecular complexity index is 1120. The van der Waals surface area contributed by atoms with Gasteiger partial charge in [-0.25, -0.2) is 4.98 Å².